The van der Waals surface area contributed by atoms with E-state index in [1.165, 1.54) is 0 Å². The van der Waals surface area contributed by atoms with Crippen molar-refractivity contribution in [2.75, 3.05) is 26.9 Å². The molecule has 1 atom stereocenters. The lowest BCUT2D eigenvalue weighted by Gasteiger charge is -2.21. The maximum absolute atomic E-state index is 5.97. The van der Waals surface area contributed by atoms with E-state index in [4.69, 9.17) is 14.2 Å². The van der Waals surface area contributed by atoms with Gasteiger partial charge >= 0.3 is 0 Å². The molecule has 0 radical (unpaired) electrons. The highest BCUT2D eigenvalue weighted by Gasteiger charge is 2.13. The minimum Gasteiger partial charge on any atom is -0.497 e. The standard InChI is InChI=1S/C17H29NO3/c1-13(2)18-12-17(21-11-10-20-14(3)4)15-6-8-16(19-5)9-7-15/h6-9,13-14,17-18H,10-12H2,1-5H3. The lowest BCUT2D eigenvalue weighted by atomic mass is 10.1. The second-order valence-electron chi connectivity index (χ2n) is 5.62. The molecule has 0 saturated heterocycles. The van der Waals surface area contributed by atoms with Crippen LogP contribution in [0.5, 0.6) is 5.75 Å². The van der Waals surface area contributed by atoms with Gasteiger partial charge in [-0.1, -0.05) is 26.0 Å². The topological polar surface area (TPSA) is 39.7 Å². The molecule has 0 aliphatic rings. The van der Waals surface area contributed by atoms with Gasteiger partial charge in [0.15, 0.2) is 0 Å². The molecule has 0 aromatic heterocycles. The predicted octanol–water partition coefficient (Wildman–Crippen LogP) is 3.18. The van der Waals surface area contributed by atoms with Crippen LogP contribution in [0.15, 0.2) is 24.3 Å². The Balaban J connectivity index is 2.57. The molecular weight excluding hydrogens is 266 g/mol. The zero-order valence-corrected chi connectivity index (χ0v) is 13.9. The molecule has 1 unspecified atom stereocenters. The largest absolute Gasteiger partial charge is 0.497 e. The SMILES string of the molecule is COc1ccc(C(CNC(C)C)OCCOC(C)C)cc1. The first-order valence-electron chi connectivity index (χ1n) is 7.63. The fourth-order valence-electron chi connectivity index (χ4n) is 1.91. The second-order valence-corrected chi connectivity index (χ2v) is 5.62. The van der Waals surface area contributed by atoms with Crippen LogP contribution in [0, 0.1) is 0 Å². The van der Waals surface area contributed by atoms with Crippen LogP contribution in [0.4, 0.5) is 0 Å². The third kappa shape index (κ3) is 7.46. The molecule has 4 heteroatoms. The zero-order chi connectivity index (χ0) is 15.7. The predicted molar refractivity (Wildman–Crippen MR) is 85.9 cm³/mol. The van der Waals surface area contributed by atoms with Gasteiger partial charge in [-0.2, -0.15) is 0 Å². The normalized spacial score (nSPS) is 12.9. The summed E-state index contributed by atoms with van der Waals surface area (Å²) in [7, 11) is 1.67. The van der Waals surface area contributed by atoms with Crippen molar-refractivity contribution in [1.82, 2.24) is 5.32 Å². The van der Waals surface area contributed by atoms with E-state index in [-0.39, 0.29) is 12.2 Å². The van der Waals surface area contributed by atoms with Crippen LogP contribution in [-0.2, 0) is 9.47 Å². The molecular formula is C17H29NO3. The third-order valence-electron chi connectivity index (χ3n) is 3.05. The zero-order valence-electron chi connectivity index (χ0n) is 13.9. The maximum Gasteiger partial charge on any atom is 0.118 e. The molecule has 0 aliphatic carbocycles. The summed E-state index contributed by atoms with van der Waals surface area (Å²) in [5.41, 5.74) is 1.15. The number of hydrogen-bond donors (Lipinski definition) is 1. The van der Waals surface area contributed by atoms with Crippen molar-refractivity contribution in [3.05, 3.63) is 29.8 Å². The van der Waals surface area contributed by atoms with Crippen molar-refractivity contribution in [2.45, 2.75) is 45.9 Å². The molecule has 0 aliphatic heterocycles. The van der Waals surface area contributed by atoms with E-state index in [0.717, 1.165) is 17.9 Å². The molecule has 0 fully saturated rings. The van der Waals surface area contributed by atoms with Crippen LogP contribution >= 0.6 is 0 Å². The Morgan fingerprint density at radius 2 is 1.57 bits per heavy atom. The summed E-state index contributed by atoms with van der Waals surface area (Å²) in [6, 6.07) is 8.46. The maximum atomic E-state index is 5.97. The summed E-state index contributed by atoms with van der Waals surface area (Å²) in [6.07, 6.45) is 0.260. The van der Waals surface area contributed by atoms with Gasteiger partial charge in [0, 0.05) is 12.6 Å². The smallest absolute Gasteiger partial charge is 0.118 e. The van der Waals surface area contributed by atoms with E-state index in [0.29, 0.717) is 19.3 Å². The van der Waals surface area contributed by atoms with Crippen molar-refractivity contribution in [1.29, 1.82) is 0 Å². The van der Waals surface area contributed by atoms with Gasteiger partial charge in [-0.05, 0) is 31.5 Å². The summed E-state index contributed by atoms with van der Waals surface area (Å²) in [5.74, 6) is 0.859. The first kappa shape index (κ1) is 18.0. The fraction of sp³-hybridized carbons (Fsp3) is 0.647. The highest BCUT2D eigenvalue weighted by atomic mass is 16.5. The summed E-state index contributed by atoms with van der Waals surface area (Å²) < 4.78 is 16.7. The van der Waals surface area contributed by atoms with E-state index in [9.17, 15) is 0 Å². The van der Waals surface area contributed by atoms with Gasteiger partial charge in [0.2, 0.25) is 0 Å². The van der Waals surface area contributed by atoms with E-state index in [1.54, 1.807) is 7.11 Å². The number of ether oxygens (including phenoxy) is 3. The number of methoxy groups -OCH3 is 1. The number of benzene rings is 1. The third-order valence-corrected chi connectivity index (χ3v) is 3.05. The van der Waals surface area contributed by atoms with Gasteiger partial charge in [0.05, 0.1) is 32.5 Å². The minimum atomic E-state index is 0.0223. The molecule has 0 amide bonds. The van der Waals surface area contributed by atoms with E-state index < -0.39 is 0 Å². The van der Waals surface area contributed by atoms with E-state index in [2.05, 4.69) is 31.3 Å². The van der Waals surface area contributed by atoms with Gasteiger partial charge in [-0.25, -0.2) is 0 Å². The van der Waals surface area contributed by atoms with Crippen LogP contribution < -0.4 is 10.1 Å². The molecule has 120 valence electrons. The van der Waals surface area contributed by atoms with Crippen LogP contribution in [0.1, 0.15) is 39.4 Å². The van der Waals surface area contributed by atoms with Crippen LogP contribution in [0.2, 0.25) is 0 Å². The molecule has 1 aromatic rings. The molecule has 0 spiro atoms. The first-order chi connectivity index (χ1) is 10.0. The van der Waals surface area contributed by atoms with E-state index >= 15 is 0 Å². The molecule has 0 bridgehead atoms. The summed E-state index contributed by atoms with van der Waals surface area (Å²) >= 11 is 0. The van der Waals surface area contributed by atoms with Crippen LogP contribution in [0.3, 0.4) is 0 Å². The highest BCUT2D eigenvalue weighted by molar-refractivity contribution is 5.28. The Morgan fingerprint density at radius 1 is 0.952 bits per heavy atom. The average Bonchev–Trinajstić information content (AvgIpc) is 2.46. The second kappa shape index (κ2) is 9.77. The van der Waals surface area contributed by atoms with Crippen LogP contribution in [0.25, 0.3) is 0 Å². The molecule has 0 heterocycles. The van der Waals surface area contributed by atoms with Gasteiger partial charge < -0.3 is 19.5 Å². The number of nitrogens with one attached hydrogen (secondary N) is 1. The fourth-order valence-corrected chi connectivity index (χ4v) is 1.91. The minimum absolute atomic E-state index is 0.0223. The molecule has 4 nitrogen and oxygen atoms in total. The van der Waals surface area contributed by atoms with Gasteiger partial charge in [-0.15, -0.1) is 0 Å². The average molecular weight is 295 g/mol. The molecule has 1 N–H and O–H groups in total. The number of hydrogen-bond acceptors (Lipinski definition) is 4. The summed E-state index contributed by atoms with van der Waals surface area (Å²) in [4.78, 5) is 0. The highest BCUT2D eigenvalue weighted by Crippen LogP contribution is 2.20. The molecule has 1 rings (SSSR count). The molecule has 0 saturated carbocycles. The summed E-state index contributed by atoms with van der Waals surface area (Å²) in [6.45, 7) is 10.3. The quantitative estimate of drug-likeness (QED) is 0.673. The Morgan fingerprint density at radius 3 is 2.10 bits per heavy atom. The van der Waals surface area contributed by atoms with Crippen molar-refractivity contribution in [2.24, 2.45) is 0 Å². The monoisotopic (exact) mass is 295 g/mol. The first-order valence-corrected chi connectivity index (χ1v) is 7.63. The van der Waals surface area contributed by atoms with Crippen LogP contribution in [-0.4, -0.2) is 39.0 Å². The Kier molecular flexibility index (Phi) is 8.35. The van der Waals surface area contributed by atoms with Gasteiger partial charge in [0.1, 0.15) is 5.75 Å². The number of rotatable bonds is 10. The van der Waals surface area contributed by atoms with Crippen molar-refractivity contribution < 1.29 is 14.2 Å². The van der Waals surface area contributed by atoms with Gasteiger partial charge in [-0.3, -0.25) is 0 Å². The lowest BCUT2D eigenvalue weighted by molar-refractivity contribution is -0.0135. The summed E-state index contributed by atoms with van der Waals surface area (Å²) in [5, 5.41) is 3.43. The Hall–Kier alpha value is -1.10. The van der Waals surface area contributed by atoms with Crippen molar-refractivity contribution >= 4 is 0 Å². The Bertz CT molecular complexity index is 376. The lowest BCUT2D eigenvalue weighted by Crippen LogP contribution is -2.29. The Labute approximate surface area is 128 Å². The molecule has 1 aromatic carbocycles. The van der Waals surface area contributed by atoms with Crippen molar-refractivity contribution in [3.8, 4) is 5.75 Å². The van der Waals surface area contributed by atoms with E-state index in [1.807, 2.05) is 26.0 Å². The van der Waals surface area contributed by atoms with Gasteiger partial charge in [0.25, 0.3) is 0 Å². The molecule has 21 heavy (non-hydrogen) atoms. The van der Waals surface area contributed by atoms with Crippen molar-refractivity contribution in [3.63, 3.8) is 0 Å².